The Morgan fingerprint density at radius 2 is 1.96 bits per heavy atom. The van der Waals surface area contributed by atoms with Gasteiger partial charge >= 0.3 is 5.97 Å². The first-order valence-corrected chi connectivity index (χ1v) is 7.83. The number of nitrogens with one attached hydrogen (secondary N) is 1. The van der Waals surface area contributed by atoms with E-state index in [4.69, 9.17) is 4.74 Å². The summed E-state index contributed by atoms with van der Waals surface area (Å²) in [6, 6.07) is 5.87. The minimum absolute atomic E-state index is 0.103. The van der Waals surface area contributed by atoms with Crippen molar-refractivity contribution in [2.75, 3.05) is 6.54 Å². The van der Waals surface area contributed by atoms with Crippen molar-refractivity contribution in [2.24, 2.45) is 0 Å². The third-order valence-corrected chi connectivity index (χ3v) is 3.55. The lowest BCUT2D eigenvalue weighted by atomic mass is 10.1. The highest BCUT2D eigenvalue weighted by Gasteiger charge is 2.23. The van der Waals surface area contributed by atoms with Gasteiger partial charge < -0.3 is 10.1 Å². The van der Waals surface area contributed by atoms with E-state index in [0.29, 0.717) is 12.2 Å². The van der Waals surface area contributed by atoms with Gasteiger partial charge in [-0.3, -0.25) is 4.79 Å². The molecule has 2 aromatic rings. The van der Waals surface area contributed by atoms with Crippen LogP contribution in [0.4, 0.5) is 0 Å². The van der Waals surface area contributed by atoms with Gasteiger partial charge in [0, 0.05) is 6.54 Å². The van der Waals surface area contributed by atoms with E-state index in [9.17, 15) is 9.59 Å². The lowest BCUT2D eigenvalue weighted by Crippen LogP contribution is -2.35. The summed E-state index contributed by atoms with van der Waals surface area (Å²) in [7, 11) is 0. The van der Waals surface area contributed by atoms with Crippen LogP contribution in [0.25, 0.3) is 5.69 Å². The molecular formula is C17H22N4O3. The molecule has 0 unspecified atom stereocenters. The molecule has 7 nitrogen and oxygen atoms in total. The summed E-state index contributed by atoms with van der Waals surface area (Å²) in [5.74, 6) is -1.01. The molecule has 128 valence electrons. The van der Waals surface area contributed by atoms with E-state index in [1.54, 1.807) is 13.8 Å². The lowest BCUT2D eigenvalue weighted by molar-refractivity contribution is -0.128. The number of hydrogen-bond donors (Lipinski definition) is 1. The number of carbonyl (C=O) groups excluding carboxylic acids is 2. The number of nitrogens with zero attached hydrogens (tertiary/aromatic N) is 3. The van der Waals surface area contributed by atoms with E-state index >= 15 is 0 Å². The predicted octanol–water partition coefficient (Wildman–Crippen LogP) is 1.87. The van der Waals surface area contributed by atoms with Gasteiger partial charge in [0.05, 0.1) is 11.4 Å². The molecule has 1 aromatic heterocycles. The average Bonchev–Trinajstić information content (AvgIpc) is 2.89. The van der Waals surface area contributed by atoms with Crippen molar-refractivity contribution in [1.29, 1.82) is 0 Å². The Morgan fingerprint density at radius 1 is 1.25 bits per heavy atom. The Morgan fingerprint density at radius 3 is 2.58 bits per heavy atom. The molecule has 0 radical (unpaired) electrons. The Hall–Kier alpha value is -2.70. The highest BCUT2D eigenvalue weighted by molar-refractivity contribution is 5.91. The van der Waals surface area contributed by atoms with Gasteiger partial charge in [-0.2, -0.15) is 9.90 Å². The van der Waals surface area contributed by atoms with Crippen molar-refractivity contribution in [3.05, 3.63) is 40.7 Å². The molecule has 0 saturated carbocycles. The van der Waals surface area contributed by atoms with Gasteiger partial charge in [0.25, 0.3) is 5.91 Å². The van der Waals surface area contributed by atoms with Crippen molar-refractivity contribution >= 4 is 11.9 Å². The second-order valence-corrected chi connectivity index (χ2v) is 5.66. The Balaban J connectivity index is 2.22. The molecule has 0 fully saturated rings. The lowest BCUT2D eigenvalue weighted by Gasteiger charge is -2.11. The molecule has 1 amide bonds. The second kappa shape index (κ2) is 7.25. The number of likely N-dealkylation sites (N-methyl/N-ethyl adjacent to an activating group) is 1. The van der Waals surface area contributed by atoms with E-state index < -0.39 is 12.1 Å². The molecule has 1 atom stereocenters. The molecule has 0 spiro atoms. The molecule has 24 heavy (non-hydrogen) atoms. The molecule has 1 aromatic carbocycles. The molecule has 1 N–H and O–H groups in total. The fourth-order valence-electron chi connectivity index (χ4n) is 2.29. The van der Waals surface area contributed by atoms with E-state index in [-0.39, 0.29) is 11.6 Å². The van der Waals surface area contributed by atoms with Gasteiger partial charge in [-0.25, -0.2) is 4.79 Å². The summed E-state index contributed by atoms with van der Waals surface area (Å²) in [5, 5.41) is 11.1. The van der Waals surface area contributed by atoms with Crippen molar-refractivity contribution in [1.82, 2.24) is 20.3 Å². The van der Waals surface area contributed by atoms with E-state index in [1.807, 2.05) is 32.0 Å². The number of aryl methyl sites for hydroxylation is 3. The van der Waals surface area contributed by atoms with E-state index in [0.717, 1.165) is 16.8 Å². The van der Waals surface area contributed by atoms with Crippen LogP contribution in [0.5, 0.6) is 0 Å². The van der Waals surface area contributed by atoms with Crippen LogP contribution < -0.4 is 5.32 Å². The maximum atomic E-state index is 12.3. The zero-order valence-electron chi connectivity index (χ0n) is 14.6. The van der Waals surface area contributed by atoms with Crippen molar-refractivity contribution in [3.8, 4) is 5.69 Å². The van der Waals surface area contributed by atoms with E-state index in [2.05, 4.69) is 15.5 Å². The topological polar surface area (TPSA) is 86.1 Å². The van der Waals surface area contributed by atoms with Crippen LogP contribution >= 0.6 is 0 Å². The molecule has 0 bridgehead atoms. The van der Waals surface area contributed by atoms with Crippen LogP contribution in [0.15, 0.2) is 18.2 Å². The number of rotatable bonds is 5. The number of hydrogen-bond acceptors (Lipinski definition) is 5. The summed E-state index contributed by atoms with van der Waals surface area (Å²) in [5.41, 5.74) is 3.48. The third-order valence-electron chi connectivity index (χ3n) is 3.55. The quantitative estimate of drug-likeness (QED) is 0.846. The fourth-order valence-corrected chi connectivity index (χ4v) is 2.29. The molecule has 0 aliphatic rings. The first kappa shape index (κ1) is 17.7. The number of ether oxygens (including phenoxy) is 1. The van der Waals surface area contributed by atoms with Crippen LogP contribution in [-0.4, -0.2) is 39.5 Å². The second-order valence-electron chi connectivity index (χ2n) is 5.66. The molecule has 2 rings (SSSR count). The largest absolute Gasteiger partial charge is 0.448 e. The monoisotopic (exact) mass is 330 g/mol. The highest BCUT2D eigenvalue weighted by Crippen LogP contribution is 2.16. The average molecular weight is 330 g/mol. The Labute approximate surface area is 141 Å². The minimum atomic E-state index is -0.886. The summed E-state index contributed by atoms with van der Waals surface area (Å²) in [6.45, 7) is 9.43. The van der Waals surface area contributed by atoms with Gasteiger partial charge in [0.1, 0.15) is 0 Å². The van der Waals surface area contributed by atoms with Gasteiger partial charge in [0.15, 0.2) is 11.8 Å². The number of benzene rings is 1. The zero-order chi connectivity index (χ0) is 17.9. The number of aromatic nitrogens is 3. The Kier molecular flexibility index (Phi) is 5.33. The molecule has 0 aliphatic heterocycles. The summed E-state index contributed by atoms with van der Waals surface area (Å²) in [4.78, 5) is 25.3. The fraction of sp³-hybridized carbons (Fsp3) is 0.412. The normalized spacial score (nSPS) is 11.9. The van der Waals surface area contributed by atoms with Gasteiger partial charge in [0.2, 0.25) is 0 Å². The number of amides is 1. The van der Waals surface area contributed by atoms with Crippen LogP contribution in [0, 0.1) is 20.8 Å². The van der Waals surface area contributed by atoms with Crippen LogP contribution in [0.2, 0.25) is 0 Å². The molecule has 0 saturated heterocycles. The van der Waals surface area contributed by atoms with Gasteiger partial charge in [-0.05, 0) is 46.2 Å². The standard InChI is InChI=1S/C17H22N4O3/c1-6-18-16(22)13(5)24-17(23)15-12(4)19-21(20-15)14-8-7-10(2)9-11(14)3/h7-9,13H,6H2,1-5H3,(H,18,22)/t13-/m0/s1. The van der Waals surface area contributed by atoms with Crippen molar-refractivity contribution < 1.29 is 14.3 Å². The maximum Gasteiger partial charge on any atom is 0.361 e. The first-order valence-electron chi connectivity index (χ1n) is 7.83. The van der Waals surface area contributed by atoms with Crippen molar-refractivity contribution in [2.45, 2.75) is 40.7 Å². The number of carbonyl (C=O) groups is 2. The summed E-state index contributed by atoms with van der Waals surface area (Å²) < 4.78 is 5.16. The summed E-state index contributed by atoms with van der Waals surface area (Å²) in [6.07, 6.45) is -0.886. The van der Waals surface area contributed by atoms with Crippen molar-refractivity contribution in [3.63, 3.8) is 0 Å². The van der Waals surface area contributed by atoms with Crippen LogP contribution in [0.3, 0.4) is 0 Å². The predicted molar refractivity (Wildman–Crippen MR) is 89.1 cm³/mol. The maximum absolute atomic E-state index is 12.3. The minimum Gasteiger partial charge on any atom is -0.448 e. The third kappa shape index (κ3) is 3.79. The highest BCUT2D eigenvalue weighted by atomic mass is 16.5. The van der Waals surface area contributed by atoms with E-state index in [1.165, 1.54) is 11.7 Å². The zero-order valence-corrected chi connectivity index (χ0v) is 14.6. The molecule has 7 heteroatoms. The van der Waals surface area contributed by atoms with Gasteiger partial charge in [-0.15, -0.1) is 5.10 Å². The molecule has 0 aliphatic carbocycles. The molecular weight excluding hydrogens is 308 g/mol. The van der Waals surface area contributed by atoms with Crippen LogP contribution in [-0.2, 0) is 9.53 Å². The summed E-state index contributed by atoms with van der Waals surface area (Å²) >= 11 is 0. The SMILES string of the molecule is CCNC(=O)[C@H](C)OC(=O)c1nn(-c2ccc(C)cc2C)nc1C. The number of esters is 1. The van der Waals surface area contributed by atoms with Gasteiger partial charge in [-0.1, -0.05) is 17.7 Å². The smallest absolute Gasteiger partial charge is 0.361 e. The Bertz CT molecular complexity index is 767. The van der Waals surface area contributed by atoms with Crippen LogP contribution in [0.1, 0.15) is 41.2 Å². The first-order chi connectivity index (χ1) is 11.3. The molecule has 1 heterocycles.